The zero-order valence-corrected chi connectivity index (χ0v) is 16.1. The lowest BCUT2D eigenvalue weighted by Gasteiger charge is -2.02. The van der Waals surface area contributed by atoms with Crippen molar-refractivity contribution in [2.45, 2.75) is 26.7 Å². The average Bonchev–Trinajstić information content (AvgIpc) is 2.46. The van der Waals surface area contributed by atoms with Crippen LogP contribution in [0.2, 0.25) is 0 Å². The first-order chi connectivity index (χ1) is 10.8. The fourth-order valence-electron chi connectivity index (χ4n) is 1.96. The van der Waals surface area contributed by atoms with Crippen molar-refractivity contribution < 1.29 is 9.90 Å². The molecule has 0 amide bonds. The van der Waals surface area contributed by atoms with Crippen LogP contribution in [-0.4, -0.2) is 11.1 Å². The van der Waals surface area contributed by atoms with Gasteiger partial charge in [-0.25, -0.2) is 0 Å². The molecule has 120 valence electrons. The second-order valence-corrected chi connectivity index (χ2v) is 6.88. The largest absolute Gasteiger partial charge is 0.481 e. The molecule has 2 aromatic carbocycles. The zero-order valence-electron chi connectivity index (χ0n) is 12.9. The molecule has 2 aromatic rings. The van der Waals surface area contributed by atoms with Gasteiger partial charge >= 0.3 is 5.97 Å². The van der Waals surface area contributed by atoms with Crippen molar-refractivity contribution in [2.24, 2.45) is 0 Å². The Kier molecular flexibility index (Phi) is 8.01. The molecule has 0 aliphatic rings. The van der Waals surface area contributed by atoms with E-state index in [2.05, 4.69) is 37.9 Å². The highest BCUT2D eigenvalue weighted by molar-refractivity contribution is 9.10. The van der Waals surface area contributed by atoms with Gasteiger partial charge < -0.3 is 5.11 Å². The molecule has 0 saturated heterocycles. The number of carboxylic acid groups (broad SMARTS) is 1. The minimum Gasteiger partial charge on any atom is -0.481 e. The number of nitrogens with zero attached hydrogens (tertiary/aromatic N) is 1. The smallest absolute Gasteiger partial charge is 0.307 e. The maximum atomic E-state index is 10.4. The zero-order chi connectivity index (χ0) is 17.4. The highest BCUT2D eigenvalue weighted by Crippen LogP contribution is 2.16. The molecule has 0 bridgehead atoms. The summed E-state index contributed by atoms with van der Waals surface area (Å²) in [6.45, 7) is 3.92. The molecule has 0 aliphatic carbocycles. The van der Waals surface area contributed by atoms with Gasteiger partial charge in [0.05, 0.1) is 18.9 Å². The Morgan fingerprint density at radius 1 is 1.04 bits per heavy atom. The highest BCUT2D eigenvalue weighted by atomic mass is 79.9. The maximum absolute atomic E-state index is 10.4. The van der Waals surface area contributed by atoms with E-state index in [9.17, 15) is 4.79 Å². The number of aryl methyl sites for hydroxylation is 2. The predicted molar refractivity (Wildman–Crippen MR) is 98.4 cm³/mol. The van der Waals surface area contributed by atoms with Crippen LogP contribution in [0.4, 0.5) is 0 Å². The molecule has 0 aromatic heterocycles. The number of carboxylic acids is 1. The second-order valence-electron chi connectivity index (χ2n) is 5.05. The van der Waals surface area contributed by atoms with Crippen LogP contribution in [0.25, 0.3) is 0 Å². The summed E-state index contributed by atoms with van der Waals surface area (Å²) in [5.41, 5.74) is 4.15. The van der Waals surface area contributed by atoms with E-state index in [1.807, 2.05) is 50.2 Å². The molecule has 0 atom stereocenters. The Hall–Kier alpha value is -1.64. The third kappa shape index (κ3) is 6.98. The molecule has 0 heterocycles. The topological polar surface area (TPSA) is 61.1 Å². The van der Waals surface area contributed by atoms with E-state index in [4.69, 9.17) is 10.4 Å². The van der Waals surface area contributed by atoms with Crippen LogP contribution in [0, 0.1) is 25.2 Å². The molecule has 0 radical (unpaired) electrons. The fraction of sp³-hybridized carbons (Fsp3) is 0.222. The number of nitriles is 1. The Balaban J connectivity index is 0.000000231. The summed E-state index contributed by atoms with van der Waals surface area (Å²) in [4.78, 5) is 10.4. The number of hydrogen-bond donors (Lipinski definition) is 1. The SMILES string of the molecule is Cc1cc(Br)ccc1CC#N.Cc1cc(Br)ccc1CC(=O)O. The van der Waals surface area contributed by atoms with Crippen molar-refractivity contribution in [2.75, 3.05) is 0 Å². The van der Waals surface area contributed by atoms with Gasteiger partial charge in [-0.05, 0) is 60.4 Å². The number of halogens is 2. The summed E-state index contributed by atoms with van der Waals surface area (Å²) in [5.74, 6) is -0.791. The standard InChI is InChI=1S/C9H8BrN.C9H9BrO2/c1-7-6-9(10)3-2-8(7)4-5-11;1-6-4-8(10)3-2-7(6)5-9(11)12/h2-3,6H,4H2,1H3;2-4H,5H2,1H3,(H,11,12). The Morgan fingerprint density at radius 2 is 1.52 bits per heavy atom. The molecule has 0 fully saturated rings. The van der Waals surface area contributed by atoms with Gasteiger partial charge in [0, 0.05) is 8.95 Å². The van der Waals surface area contributed by atoms with E-state index >= 15 is 0 Å². The summed E-state index contributed by atoms with van der Waals surface area (Å²) in [7, 11) is 0. The first-order valence-electron chi connectivity index (χ1n) is 6.92. The normalized spacial score (nSPS) is 9.52. The number of carbonyl (C=O) groups is 1. The van der Waals surface area contributed by atoms with E-state index in [0.717, 1.165) is 25.6 Å². The van der Waals surface area contributed by atoms with Crippen molar-refractivity contribution in [1.82, 2.24) is 0 Å². The Morgan fingerprint density at radius 3 is 1.91 bits per heavy atom. The van der Waals surface area contributed by atoms with Gasteiger partial charge in [0.15, 0.2) is 0 Å². The second kappa shape index (κ2) is 9.49. The van der Waals surface area contributed by atoms with E-state index in [0.29, 0.717) is 6.42 Å². The molecule has 5 heteroatoms. The van der Waals surface area contributed by atoms with Crippen LogP contribution in [0.15, 0.2) is 45.3 Å². The van der Waals surface area contributed by atoms with Crippen molar-refractivity contribution in [1.29, 1.82) is 5.26 Å². The predicted octanol–water partition coefficient (Wildman–Crippen LogP) is 5.21. The Bertz CT molecular complexity index is 736. The van der Waals surface area contributed by atoms with E-state index in [1.54, 1.807) is 0 Å². The lowest BCUT2D eigenvalue weighted by molar-refractivity contribution is -0.136. The van der Waals surface area contributed by atoms with Gasteiger partial charge in [-0.15, -0.1) is 0 Å². The molecule has 2 rings (SSSR count). The first kappa shape index (κ1) is 19.4. The minimum absolute atomic E-state index is 0.0963. The summed E-state index contributed by atoms with van der Waals surface area (Å²) in [6.07, 6.45) is 0.595. The highest BCUT2D eigenvalue weighted by Gasteiger charge is 2.03. The van der Waals surface area contributed by atoms with Crippen LogP contribution in [0.3, 0.4) is 0 Å². The summed E-state index contributed by atoms with van der Waals surface area (Å²) >= 11 is 6.68. The van der Waals surface area contributed by atoms with Gasteiger partial charge in [-0.3, -0.25) is 4.79 Å². The lowest BCUT2D eigenvalue weighted by Crippen LogP contribution is -2.01. The number of benzene rings is 2. The molecular weight excluding hydrogens is 422 g/mol. The molecule has 0 unspecified atom stereocenters. The average molecular weight is 439 g/mol. The first-order valence-corrected chi connectivity index (χ1v) is 8.51. The van der Waals surface area contributed by atoms with E-state index in [1.165, 1.54) is 5.56 Å². The molecule has 0 spiro atoms. The van der Waals surface area contributed by atoms with Crippen LogP contribution in [-0.2, 0) is 17.6 Å². The van der Waals surface area contributed by atoms with Crippen molar-refractivity contribution in [3.8, 4) is 6.07 Å². The quantitative estimate of drug-likeness (QED) is 0.715. The molecule has 0 aliphatic heterocycles. The molecular formula is C18H17Br2NO2. The number of aliphatic carboxylic acids is 1. The summed E-state index contributed by atoms with van der Waals surface area (Å²) in [6, 6.07) is 13.7. The minimum atomic E-state index is -0.791. The van der Waals surface area contributed by atoms with Crippen molar-refractivity contribution in [3.05, 3.63) is 67.6 Å². The van der Waals surface area contributed by atoms with Crippen LogP contribution in [0.5, 0.6) is 0 Å². The number of hydrogen-bond acceptors (Lipinski definition) is 2. The van der Waals surface area contributed by atoms with Crippen molar-refractivity contribution in [3.63, 3.8) is 0 Å². The lowest BCUT2D eigenvalue weighted by atomic mass is 10.1. The van der Waals surface area contributed by atoms with Crippen LogP contribution in [0.1, 0.15) is 22.3 Å². The fourth-order valence-corrected chi connectivity index (χ4v) is 2.91. The van der Waals surface area contributed by atoms with Gasteiger partial charge in [-0.1, -0.05) is 44.0 Å². The third-order valence-electron chi connectivity index (χ3n) is 3.22. The van der Waals surface area contributed by atoms with Gasteiger partial charge in [0.25, 0.3) is 0 Å². The molecule has 0 saturated carbocycles. The van der Waals surface area contributed by atoms with Gasteiger partial charge in [0.2, 0.25) is 0 Å². The number of rotatable bonds is 3. The Labute approximate surface area is 153 Å². The van der Waals surface area contributed by atoms with Crippen molar-refractivity contribution >= 4 is 37.8 Å². The van der Waals surface area contributed by atoms with Crippen LogP contribution >= 0.6 is 31.9 Å². The molecule has 3 nitrogen and oxygen atoms in total. The van der Waals surface area contributed by atoms with E-state index in [-0.39, 0.29) is 6.42 Å². The van der Waals surface area contributed by atoms with Gasteiger partial charge in [0.1, 0.15) is 0 Å². The summed E-state index contributed by atoms with van der Waals surface area (Å²) in [5, 5.41) is 17.0. The maximum Gasteiger partial charge on any atom is 0.307 e. The monoisotopic (exact) mass is 437 g/mol. The van der Waals surface area contributed by atoms with Gasteiger partial charge in [-0.2, -0.15) is 5.26 Å². The molecule has 23 heavy (non-hydrogen) atoms. The van der Waals surface area contributed by atoms with E-state index < -0.39 is 5.97 Å². The third-order valence-corrected chi connectivity index (χ3v) is 4.21. The van der Waals surface area contributed by atoms with Crippen LogP contribution < -0.4 is 0 Å². The molecule has 1 N–H and O–H groups in total. The summed E-state index contributed by atoms with van der Waals surface area (Å²) < 4.78 is 2.05.